The summed E-state index contributed by atoms with van der Waals surface area (Å²) >= 11 is 3.21. The maximum Gasteiger partial charge on any atom is 0.176 e. The van der Waals surface area contributed by atoms with Crippen molar-refractivity contribution in [3.05, 3.63) is 29.3 Å². The molecular formula is C10H11BrO2. The van der Waals surface area contributed by atoms with Gasteiger partial charge in [-0.2, -0.15) is 0 Å². The molecule has 0 aliphatic carbocycles. The minimum absolute atomic E-state index is 0.0306. The Bertz CT molecular complexity index is 332. The van der Waals surface area contributed by atoms with Crippen LogP contribution in [0.4, 0.5) is 0 Å². The van der Waals surface area contributed by atoms with Gasteiger partial charge in [0.15, 0.2) is 5.78 Å². The first-order chi connectivity index (χ1) is 6.02. The third-order valence-electron chi connectivity index (χ3n) is 1.84. The van der Waals surface area contributed by atoms with Crippen LogP contribution in [0.25, 0.3) is 0 Å². The molecule has 0 fully saturated rings. The lowest BCUT2D eigenvalue weighted by Gasteiger charge is -2.04. The van der Waals surface area contributed by atoms with Crippen LogP contribution in [0.2, 0.25) is 0 Å². The molecule has 3 heteroatoms. The molecule has 1 atom stereocenters. The van der Waals surface area contributed by atoms with E-state index in [0.717, 1.165) is 5.56 Å². The summed E-state index contributed by atoms with van der Waals surface area (Å²) in [4.78, 5) is 11.3. The first kappa shape index (κ1) is 10.3. The summed E-state index contributed by atoms with van der Waals surface area (Å²) in [6.07, 6.45) is 0. The highest BCUT2D eigenvalue weighted by Crippen LogP contribution is 2.19. The summed E-state index contributed by atoms with van der Waals surface area (Å²) in [7, 11) is 0. The highest BCUT2D eigenvalue weighted by molar-refractivity contribution is 9.10. The quantitative estimate of drug-likeness (QED) is 0.640. The molecule has 0 saturated heterocycles. The number of ketones is 1. The minimum Gasteiger partial charge on any atom is -0.508 e. The summed E-state index contributed by atoms with van der Waals surface area (Å²) in [6, 6.07) is 4.86. The van der Waals surface area contributed by atoms with Crippen molar-refractivity contribution < 1.29 is 9.90 Å². The minimum atomic E-state index is -0.184. The zero-order valence-corrected chi connectivity index (χ0v) is 9.13. The zero-order valence-electron chi connectivity index (χ0n) is 7.54. The van der Waals surface area contributed by atoms with E-state index in [1.54, 1.807) is 26.0 Å². The molecule has 0 aliphatic heterocycles. The van der Waals surface area contributed by atoms with Crippen LogP contribution in [0.15, 0.2) is 18.2 Å². The van der Waals surface area contributed by atoms with Gasteiger partial charge in [-0.05, 0) is 37.6 Å². The maximum absolute atomic E-state index is 11.5. The number of carbonyl (C=O) groups is 1. The molecule has 70 valence electrons. The molecule has 0 aliphatic rings. The van der Waals surface area contributed by atoms with Crippen LogP contribution in [0.3, 0.4) is 0 Å². The average molecular weight is 243 g/mol. The molecule has 0 radical (unpaired) electrons. The zero-order chi connectivity index (χ0) is 10.0. The van der Waals surface area contributed by atoms with Gasteiger partial charge in [-0.15, -0.1) is 0 Å². The maximum atomic E-state index is 11.5. The highest BCUT2D eigenvalue weighted by atomic mass is 79.9. The van der Waals surface area contributed by atoms with Crippen molar-refractivity contribution in [3.8, 4) is 5.75 Å². The molecule has 13 heavy (non-hydrogen) atoms. The van der Waals surface area contributed by atoms with Crippen molar-refractivity contribution in [2.45, 2.75) is 18.7 Å². The Hall–Kier alpha value is -0.830. The average Bonchev–Trinajstić information content (AvgIpc) is 2.08. The number of aryl methyl sites for hydroxylation is 1. The predicted molar refractivity (Wildman–Crippen MR) is 55.6 cm³/mol. The van der Waals surface area contributed by atoms with Crippen LogP contribution in [-0.4, -0.2) is 15.7 Å². The van der Waals surface area contributed by atoms with Gasteiger partial charge in [0, 0.05) is 5.56 Å². The number of phenols is 1. The second-order valence-electron chi connectivity index (χ2n) is 2.98. The summed E-state index contributed by atoms with van der Waals surface area (Å²) in [5, 5.41) is 9.24. The van der Waals surface area contributed by atoms with Gasteiger partial charge in [0.1, 0.15) is 5.75 Å². The first-order valence-electron chi connectivity index (χ1n) is 4.00. The van der Waals surface area contributed by atoms with Crippen molar-refractivity contribution in [2.24, 2.45) is 0 Å². The fraction of sp³-hybridized carbons (Fsp3) is 0.300. The second-order valence-corrected chi connectivity index (χ2v) is 4.36. The number of phenolic OH excluding ortho intramolecular Hbond substituents is 1. The number of hydrogen-bond acceptors (Lipinski definition) is 2. The molecule has 1 aromatic carbocycles. The molecule has 0 heterocycles. The van der Waals surface area contributed by atoms with Crippen molar-refractivity contribution >= 4 is 21.7 Å². The summed E-state index contributed by atoms with van der Waals surface area (Å²) < 4.78 is 0. The molecule has 1 N–H and O–H groups in total. The molecule has 1 unspecified atom stereocenters. The Morgan fingerprint density at radius 3 is 2.62 bits per heavy atom. The largest absolute Gasteiger partial charge is 0.508 e. The van der Waals surface area contributed by atoms with Crippen LogP contribution in [-0.2, 0) is 0 Å². The fourth-order valence-corrected chi connectivity index (χ4v) is 1.30. The van der Waals surface area contributed by atoms with Crippen molar-refractivity contribution in [2.75, 3.05) is 0 Å². The van der Waals surface area contributed by atoms with Gasteiger partial charge in [-0.1, -0.05) is 15.9 Å². The Balaban J connectivity index is 3.04. The normalized spacial score (nSPS) is 12.5. The van der Waals surface area contributed by atoms with E-state index in [0.29, 0.717) is 5.56 Å². The molecule has 1 rings (SSSR count). The Labute approximate surface area is 85.7 Å². The third-order valence-corrected chi connectivity index (χ3v) is 2.26. The standard InChI is InChI=1S/C10H11BrO2/c1-6-5-8(3-4-9(6)12)10(13)7(2)11/h3-5,7,12H,1-2H3. The monoisotopic (exact) mass is 242 g/mol. The molecule has 0 aromatic heterocycles. The van der Waals surface area contributed by atoms with E-state index in [-0.39, 0.29) is 16.4 Å². The lowest BCUT2D eigenvalue weighted by Crippen LogP contribution is -2.09. The second kappa shape index (κ2) is 3.92. The number of aromatic hydroxyl groups is 1. The summed E-state index contributed by atoms with van der Waals surface area (Å²) in [6.45, 7) is 3.55. The molecule has 1 aromatic rings. The van der Waals surface area contributed by atoms with Gasteiger partial charge in [-0.3, -0.25) is 4.79 Å². The van der Waals surface area contributed by atoms with Crippen LogP contribution < -0.4 is 0 Å². The number of rotatable bonds is 2. The van der Waals surface area contributed by atoms with Gasteiger partial charge < -0.3 is 5.11 Å². The number of benzene rings is 1. The van der Waals surface area contributed by atoms with E-state index in [4.69, 9.17) is 0 Å². The summed E-state index contributed by atoms with van der Waals surface area (Å²) in [5.41, 5.74) is 1.35. The van der Waals surface area contributed by atoms with E-state index in [2.05, 4.69) is 15.9 Å². The molecule has 2 nitrogen and oxygen atoms in total. The molecule has 0 spiro atoms. The topological polar surface area (TPSA) is 37.3 Å². The van der Waals surface area contributed by atoms with Crippen LogP contribution in [0, 0.1) is 6.92 Å². The third kappa shape index (κ3) is 2.31. The van der Waals surface area contributed by atoms with Gasteiger partial charge in [0.25, 0.3) is 0 Å². The van der Waals surface area contributed by atoms with Crippen LogP contribution in [0.1, 0.15) is 22.8 Å². The number of hydrogen-bond donors (Lipinski definition) is 1. The van der Waals surface area contributed by atoms with Gasteiger partial charge in [0.2, 0.25) is 0 Å². The number of alkyl halides is 1. The van der Waals surface area contributed by atoms with Crippen molar-refractivity contribution in [3.63, 3.8) is 0 Å². The lowest BCUT2D eigenvalue weighted by atomic mass is 10.1. The SMILES string of the molecule is Cc1cc(C(=O)C(C)Br)ccc1O. The number of carbonyl (C=O) groups excluding carboxylic acids is 1. The molecular weight excluding hydrogens is 232 g/mol. The van der Waals surface area contributed by atoms with Crippen LogP contribution in [0.5, 0.6) is 5.75 Å². The Morgan fingerprint density at radius 1 is 1.54 bits per heavy atom. The van der Waals surface area contributed by atoms with Crippen molar-refractivity contribution in [1.82, 2.24) is 0 Å². The highest BCUT2D eigenvalue weighted by Gasteiger charge is 2.12. The van der Waals surface area contributed by atoms with Crippen LogP contribution >= 0.6 is 15.9 Å². The Kier molecular flexibility index (Phi) is 3.09. The molecule has 0 amide bonds. The Morgan fingerprint density at radius 2 is 2.15 bits per heavy atom. The smallest absolute Gasteiger partial charge is 0.176 e. The number of halogens is 1. The van der Waals surface area contributed by atoms with E-state index in [1.165, 1.54) is 6.07 Å². The number of Topliss-reactive ketones (excluding diaryl/α,β-unsaturated/α-hetero) is 1. The fourth-order valence-electron chi connectivity index (χ4n) is 1.04. The summed E-state index contributed by atoms with van der Waals surface area (Å²) in [5.74, 6) is 0.252. The van der Waals surface area contributed by atoms with E-state index >= 15 is 0 Å². The lowest BCUT2D eigenvalue weighted by molar-refractivity contribution is 0.0996. The van der Waals surface area contributed by atoms with Gasteiger partial charge >= 0.3 is 0 Å². The van der Waals surface area contributed by atoms with E-state index in [9.17, 15) is 9.90 Å². The van der Waals surface area contributed by atoms with Gasteiger partial charge in [0.05, 0.1) is 4.83 Å². The molecule has 0 bridgehead atoms. The van der Waals surface area contributed by atoms with E-state index < -0.39 is 0 Å². The van der Waals surface area contributed by atoms with Gasteiger partial charge in [-0.25, -0.2) is 0 Å². The van der Waals surface area contributed by atoms with Crippen molar-refractivity contribution in [1.29, 1.82) is 0 Å². The molecule has 0 saturated carbocycles. The first-order valence-corrected chi connectivity index (χ1v) is 4.92. The van der Waals surface area contributed by atoms with E-state index in [1.807, 2.05) is 0 Å². The predicted octanol–water partition coefficient (Wildman–Crippen LogP) is 2.67.